The van der Waals surface area contributed by atoms with Crippen LogP contribution in [0.2, 0.25) is 0 Å². The number of hydrogen-bond donors (Lipinski definition) is 1. The number of carbonyl (C=O) groups excluding carboxylic acids is 1. The largest absolute Gasteiger partial charge is 0.370 e. The molecule has 0 radical (unpaired) electrons. The Bertz CT molecular complexity index is 447. The Kier molecular flexibility index (Phi) is 2.86. The van der Waals surface area contributed by atoms with Gasteiger partial charge < -0.3 is 10.2 Å². The zero-order valence-electron chi connectivity index (χ0n) is 11.1. The average Bonchev–Trinajstić information content (AvgIpc) is 2.29. The van der Waals surface area contributed by atoms with Crippen molar-refractivity contribution in [1.82, 2.24) is 5.32 Å². The standard InChI is InChI=1S/C15H20N2O/c1-10-4-3-5-11(2)14(10)17-8-12-6-16-7-13(9-17)15(12)18/h3-5,12-13,16H,6-9H2,1-2H3. The number of ketones is 1. The van der Waals surface area contributed by atoms with Gasteiger partial charge in [0.25, 0.3) is 0 Å². The quantitative estimate of drug-likeness (QED) is 0.813. The molecule has 2 saturated heterocycles. The summed E-state index contributed by atoms with van der Waals surface area (Å²) in [6.45, 7) is 7.75. The molecule has 0 amide bonds. The molecule has 3 heteroatoms. The normalized spacial score (nSPS) is 27.4. The third kappa shape index (κ3) is 1.83. The van der Waals surface area contributed by atoms with Crippen LogP contribution in [0.4, 0.5) is 5.69 Å². The second-order valence-corrected chi connectivity index (χ2v) is 5.60. The second-order valence-electron chi connectivity index (χ2n) is 5.60. The summed E-state index contributed by atoms with van der Waals surface area (Å²) >= 11 is 0. The molecule has 0 aromatic heterocycles. The van der Waals surface area contributed by atoms with Gasteiger partial charge in [-0.2, -0.15) is 0 Å². The Morgan fingerprint density at radius 1 is 1.11 bits per heavy atom. The molecule has 2 unspecified atom stereocenters. The molecule has 2 fully saturated rings. The predicted molar refractivity (Wildman–Crippen MR) is 73.0 cm³/mol. The molecule has 2 aliphatic heterocycles. The van der Waals surface area contributed by atoms with Crippen LogP contribution in [-0.4, -0.2) is 32.0 Å². The van der Waals surface area contributed by atoms with Gasteiger partial charge in [0.15, 0.2) is 0 Å². The van der Waals surface area contributed by atoms with E-state index in [0.717, 1.165) is 26.2 Å². The number of nitrogens with one attached hydrogen (secondary N) is 1. The van der Waals surface area contributed by atoms with Crippen LogP contribution in [0.15, 0.2) is 18.2 Å². The molecule has 2 bridgehead atoms. The first-order valence-corrected chi connectivity index (χ1v) is 6.72. The number of rotatable bonds is 1. The van der Waals surface area contributed by atoms with Crippen molar-refractivity contribution in [1.29, 1.82) is 0 Å². The molecule has 0 aliphatic carbocycles. The number of fused-ring (bicyclic) bond motifs is 2. The Morgan fingerprint density at radius 2 is 1.67 bits per heavy atom. The monoisotopic (exact) mass is 244 g/mol. The van der Waals surface area contributed by atoms with Gasteiger partial charge in [0.05, 0.1) is 0 Å². The van der Waals surface area contributed by atoms with Crippen LogP contribution >= 0.6 is 0 Å². The third-order valence-corrected chi connectivity index (χ3v) is 4.22. The van der Waals surface area contributed by atoms with E-state index in [9.17, 15) is 4.79 Å². The maximum Gasteiger partial charge on any atom is 0.145 e. The minimum atomic E-state index is 0.177. The van der Waals surface area contributed by atoms with Crippen LogP contribution in [0.1, 0.15) is 11.1 Å². The summed E-state index contributed by atoms with van der Waals surface area (Å²) in [6.07, 6.45) is 0. The highest BCUT2D eigenvalue weighted by atomic mass is 16.1. The smallest absolute Gasteiger partial charge is 0.145 e. The van der Waals surface area contributed by atoms with E-state index in [-0.39, 0.29) is 11.8 Å². The van der Waals surface area contributed by atoms with Crippen LogP contribution in [0.5, 0.6) is 0 Å². The van der Waals surface area contributed by atoms with Crippen molar-refractivity contribution in [2.75, 3.05) is 31.1 Å². The molecule has 1 aromatic rings. The Hall–Kier alpha value is -1.35. The molecule has 0 spiro atoms. The van der Waals surface area contributed by atoms with Crippen LogP contribution < -0.4 is 10.2 Å². The number of carbonyl (C=O) groups is 1. The van der Waals surface area contributed by atoms with Crippen LogP contribution in [0, 0.1) is 25.7 Å². The first kappa shape index (κ1) is 11.7. The van der Waals surface area contributed by atoms with E-state index in [1.54, 1.807) is 0 Å². The molecule has 3 rings (SSSR count). The number of benzene rings is 1. The SMILES string of the molecule is Cc1cccc(C)c1N1CC2CNCC(C1)C2=O. The summed E-state index contributed by atoms with van der Waals surface area (Å²) in [5, 5.41) is 3.37. The molecule has 0 saturated carbocycles. The second kappa shape index (κ2) is 4.39. The van der Waals surface area contributed by atoms with Crippen molar-refractivity contribution in [2.24, 2.45) is 11.8 Å². The van der Waals surface area contributed by atoms with Crippen LogP contribution in [0.25, 0.3) is 0 Å². The molecular formula is C15H20N2O. The van der Waals surface area contributed by atoms with Gasteiger partial charge in [0.1, 0.15) is 5.78 Å². The van der Waals surface area contributed by atoms with Gasteiger partial charge >= 0.3 is 0 Å². The fourth-order valence-electron chi connectivity index (χ4n) is 3.37. The molecule has 2 atom stereocenters. The van der Waals surface area contributed by atoms with Crippen molar-refractivity contribution in [2.45, 2.75) is 13.8 Å². The lowest BCUT2D eigenvalue weighted by Crippen LogP contribution is -2.57. The number of aryl methyl sites for hydroxylation is 2. The lowest BCUT2D eigenvalue weighted by molar-refractivity contribution is -0.129. The molecule has 2 aliphatic rings. The first-order chi connectivity index (χ1) is 8.66. The van der Waals surface area contributed by atoms with E-state index < -0.39 is 0 Å². The van der Waals surface area contributed by atoms with E-state index in [0.29, 0.717) is 5.78 Å². The summed E-state index contributed by atoms with van der Waals surface area (Å²) in [4.78, 5) is 14.5. The molecule has 1 N–H and O–H groups in total. The summed E-state index contributed by atoms with van der Waals surface area (Å²) in [5.74, 6) is 0.823. The minimum Gasteiger partial charge on any atom is -0.370 e. The van der Waals surface area contributed by atoms with Crippen molar-refractivity contribution in [3.63, 3.8) is 0 Å². The average molecular weight is 244 g/mol. The van der Waals surface area contributed by atoms with Crippen molar-refractivity contribution in [3.05, 3.63) is 29.3 Å². The van der Waals surface area contributed by atoms with Gasteiger partial charge in [-0.05, 0) is 25.0 Å². The fourth-order valence-corrected chi connectivity index (χ4v) is 3.37. The maximum atomic E-state index is 12.1. The van der Waals surface area contributed by atoms with E-state index in [1.165, 1.54) is 16.8 Å². The fraction of sp³-hybridized carbons (Fsp3) is 0.533. The number of piperidine rings is 2. The molecule has 3 nitrogen and oxygen atoms in total. The summed E-state index contributed by atoms with van der Waals surface area (Å²) in [6, 6.07) is 6.42. The van der Waals surface area contributed by atoms with Crippen LogP contribution in [-0.2, 0) is 4.79 Å². The Balaban J connectivity index is 1.92. The number of anilines is 1. The lowest BCUT2D eigenvalue weighted by atomic mass is 9.83. The minimum absolute atomic E-state index is 0.177. The lowest BCUT2D eigenvalue weighted by Gasteiger charge is -2.42. The van der Waals surface area contributed by atoms with Gasteiger partial charge in [0, 0.05) is 43.7 Å². The van der Waals surface area contributed by atoms with Gasteiger partial charge in [-0.1, -0.05) is 18.2 Å². The summed E-state index contributed by atoms with van der Waals surface area (Å²) in [7, 11) is 0. The van der Waals surface area contributed by atoms with Gasteiger partial charge in [-0.15, -0.1) is 0 Å². The number of nitrogens with zero attached hydrogens (tertiary/aromatic N) is 1. The van der Waals surface area contributed by atoms with Gasteiger partial charge in [-0.3, -0.25) is 4.79 Å². The van der Waals surface area contributed by atoms with Gasteiger partial charge in [0.2, 0.25) is 0 Å². The highest BCUT2D eigenvalue weighted by Gasteiger charge is 2.38. The van der Waals surface area contributed by atoms with E-state index in [1.807, 2.05) is 0 Å². The molecule has 1 aromatic carbocycles. The predicted octanol–water partition coefficient (Wildman–Crippen LogP) is 1.53. The topological polar surface area (TPSA) is 32.3 Å². The third-order valence-electron chi connectivity index (χ3n) is 4.22. The van der Waals surface area contributed by atoms with Gasteiger partial charge in [-0.25, -0.2) is 0 Å². The summed E-state index contributed by atoms with van der Waals surface area (Å²) < 4.78 is 0. The number of hydrogen-bond acceptors (Lipinski definition) is 3. The van der Waals surface area contributed by atoms with Crippen molar-refractivity contribution in [3.8, 4) is 0 Å². The highest BCUT2D eigenvalue weighted by Crippen LogP contribution is 2.30. The first-order valence-electron chi connectivity index (χ1n) is 6.72. The molecule has 18 heavy (non-hydrogen) atoms. The maximum absolute atomic E-state index is 12.1. The van der Waals surface area contributed by atoms with Crippen LogP contribution in [0.3, 0.4) is 0 Å². The Morgan fingerprint density at radius 3 is 2.22 bits per heavy atom. The van der Waals surface area contributed by atoms with E-state index in [4.69, 9.17) is 0 Å². The van der Waals surface area contributed by atoms with E-state index in [2.05, 4.69) is 42.3 Å². The number of Topliss-reactive ketones (excluding diaryl/α,β-unsaturated/α-hetero) is 1. The zero-order valence-corrected chi connectivity index (χ0v) is 11.1. The Labute approximate surface area is 108 Å². The highest BCUT2D eigenvalue weighted by molar-refractivity contribution is 5.87. The molecular weight excluding hydrogens is 224 g/mol. The zero-order chi connectivity index (χ0) is 12.7. The van der Waals surface area contributed by atoms with Crippen molar-refractivity contribution < 1.29 is 4.79 Å². The molecule has 2 heterocycles. The molecule has 96 valence electrons. The number of para-hydroxylation sites is 1. The van der Waals surface area contributed by atoms with E-state index >= 15 is 0 Å². The summed E-state index contributed by atoms with van der Waals surface area (Å²) in [5.41, 5.74) is 3.97. The van der Waals surface area contributed by atoms with Crippen molar-refractivity contribution >= 4 is 11.5 Å².